The zero-order valence-electron chi connectivity index (χ0n) is 7.73. The summed E-state index contributed by atoms with van der Waals surface area (Å²) in [6, 6.07) is 1.44. The van der Waals surface area contributed by atoms with E-state index < -0.39 is 0 Å². The van der Waals surface area contributed by atoms with Gasteiger partial charge in [0.1, 0.15) is 0 Å². The second kappa shape index (κ2) is 29.5. The highest BCUT2D eigenvalue weighted by molar-refractivity contribution is 6.55. The first-order valence-electron chi connectivity index (χ1n) is 3.61. The van der Waals surface area contributed by atoms with Crippen LogP contribution < -0.4 is 0 Å². The molecule has 0 rings (SSSR count). The fourth-order valence-corrected chi connectivity index (χ4v) is 0. The fourth-order valence-electron chi connectivity index (χ4n) is 0. The maximum absolute atomic E-state index is 2.36. The van der Waals surface area contributed by atoms with Gasteiger partial charge in [-0.15, -0.1) is 0 Å². The quantitative estimate of drug-likeness (QED) is 0.587. The van der Waals surface area contributed by atoms with Crippen LogP contribution in [0.5, 0.6) is 0 Å². The third-order valence-corrected chi connectivity index (χ3v) is 2.45. The summed E-state index contributed by atoms with van der Waals surface area (Å²) >= 11 is 0. The van der Waals surface area contributed by atoms with Gasteiger partial charge in [0.25, 0.3) is 0 Å². The second-order valence-corrected chi connectivity index (χ2v) is 6.75. The molecule has 0 spiro atoms. The van der Waals surface area contributed by atoms with Gasteiger partial charge in [-0.2, -0.15) is 0 Å². The first-order valence-corrected chi connectivity index (χ1v) is 6.74. The summed E-state index contributed by atoms with van der Waals surface area (Å²) in [7, 11) is 5.85. The Balaban J connectivity index is -0.0000000146. The zero-order chi connectivity index (χ0) is 7.86. The summed E-state index contributed by atoms with van der Waals surface area (Å²) < 4.78 is 0. The average Bonchev–Trinajstić information content (AvgIpc) is 1.65. The van der Waals surface area contributed by atoms with Gasteiger partial charge in [-0.1, -0.05) is 55.8 Å². The van der Waals surface area contributed by atoms with Crippen molar-refractivity contribution in [3.8, 4) is 0 Å². The van der Waals surface area contributed by atoms with Gasteiger partial charge in [0.2, 0.25) is 0 Å². The van der Waals surface area contributed by atoms with Crippen molar-refractivity contribution >= 4 is 8.80 Å². The smallest absolute Gasteiger partial charge is 0.0302 e. The molecule has 1 nitrogen and oxygen atoms in total. The van der Waals surface area contributed by atoms with E-state index in [1.54, 1.807) is 0 Å². The predicted molar refractivity (Wildman–Crippen MR) is 75.9 cm³/mol. The Kier molecular flexibility index (Phi) is 86.2. The molecule has 90 valence electrons. The van der Waals surface area contributed by atoms with Crippen LogP contribution in [0.15, 0.2) is 0 Å². The van der Waals surface area contributed by atoms with Gasteiger partial charge in [0.15, 0.2) is 0 Å². The van der Waals surface area contributed by atoms with Crippen LogP contribution in [-0.2, 0) is 0 Å². The van der Waals surface area contributed by atoms with E-state index in [0.29, 0.717) is 0 Å². The van der Waals surface area contributed by atoms with E-state index in [1.165, 1.54) is 6.04 Å². The van der Waals surface area contributed by atoms with Crippen molar-refractivity contribution in [1.29, 1.82) is 0 Å². The van der Waals surface area contributed by atoms with Crippen molar-refractivity contribution in [2.75, 3.05) is 21.1 Å². The highest BCUT2D eigenvalue weighted by Crippen LogP contribution is 1.83. The summed E-state index contributed by atoms with van der Waals surface area (Å²) in [6.45, 7) is 6.98. The van der Waals surface area contributed by atoms with Crippen molar-refractivity contribution in [3.63, 3.8) is 0 Å². The Bertz CT molecular complexity index is 42.6. The lowest BCUT2D eigenvalue weighted by Crippen LogP contribution is -1.99. The Morgan fingerprint density at radius 3 is 0.923 bits per heavy atom. The molecule has 2 heteroatoms. The molecule has 0 atom stereocenters. The molecule has 0 heterocycles. The number of rotatable bonds is 1. The van der Waals surface area contributed by atoms with E-state index >= 15 is 0 Å². The molecule has 0 aliphatic rings. The molecule has 0 aromatic carbocycles. The molecule has 0 fully saturated rings. The third-order valence-electron chi connectivity index (χ3n) is 0.816. The van der Waals surface area contributed by atoms with Crippen LogP contribution in [0.4, 0.5) is 0 Å². The van der Waals surface area contributed by atoms with Gasteiger partial charge in [-0.25, -0.2) is 0 Å². The highest BCUT2D eigenvalue weighted by atomic mass is 28.3. The molecule has 0 saturated heterocycles. The topological polar surface area (TPSA) is 3.24 Å². The number of hydrogen-bond acceptors (Lipinski definition) is 1. The molecule has 13 heavy (non-hydrogen) atoms. The molecule has 0 radical (unpaired) electrons. The molecule has 0 N–H and O–H groups in total. The van der Waals surface area contributed by atoms with Crippen LogP contribution in [0, 0.1) is 0 Å². The van der Waals surface area contributed by atoms with Gasteiger partial charge in [-0.3, -0.25) is 0 Å². The van der Waals surface area contributed by atoms with E-state index in [0.717, 1.165) is 0 Å². The third kappa shape index (κ3) is 266. The van der Waals surface area contributed by atoms with Gasteiger partial charge < -0.3 is 4.90 Å². The van der Waals surface area contributed by atoms with Crippen LogP contribution in [0.1, 0.15) is 36.6 Å². The molecular formula is C11H37NSi. The van der Waals surface area contributed by atoms with Crippen LogP contribution in [0.25, 0.3) is 0 Å². The molecule has 0 aliphatic heterocycles. The lowest BCUT2D eigenvalue weighted by atomic mass is 11.0. The van der Waals surface area contributed by atoms with Crippen molar-refractivity contribution in [3.05, 3.63) is 0 Å². The summed E-state index contributed by atoms with van der Waals surface area (Å²) in [5.74, 6) is 0. The minimum atomic E-state index is -0.150. The molecule has 0 unspecified atom stereocenters. The van der Waals surface area contributed by atoms with Crippen molar-refractivity contribution in [2.24, 2.45) is 0 Å². The predicted octanol–water partition coefficient (Wildman–Crippen LogP) is 4.22. The lowest BCUT2D eigenvalue weighted by molar-refractivity contribution is 0.505. The fraction of sp³-hybridized carbons (Fsp3) is 1.00. The van der Waals surface area contributed by atoms with Crippen molar-refractivity contribution in [1.82, 2.24) is 4.90 Å². The molecule has 0 aromatic heterocycles. The van der Waals surface area contributed by atoms with E-state index in [1.807, 2.05) is 26.0 Å². The van der Waals surface area contributed by atoms with Crippen LogP contribution in [0.3, 0.4) is 0 Å². The second-order valence-electron chi connectivity index (χ2n) is 3.14. The minimum Gasteiger partial charge on any atom is -0.312 e. The van der Waals surface area contributed by atoms with Crippen molar-refractivity contribution < 1.29 is 0 Å². The van der Waals surface area contributed by atoms with Gasteiger partial charge in [-0.05, 0) is 21.1 Å². The zero-order valence-corrected chi connectivity index (χ0v) is 8.89. The number of hydrogen-bond donors (Lipinski definition) is 0. The van der Waals surface area contributed by atoms with E-state index in [4.69, 9.17) is 0 Å². The molecule has 0 aliphatic carbocycles. The summed E-state index contributed by atoms with van der Waals surface area (Å²) in [5, 5.41) is 0. The maximum Gasteiger partial charge on any atom is 0.0302 e. The Hall–Kier alpha value is 0.177. The monoisotopic (exact) mass is 211 g/mol. The van der Waals surface area contributed by atoms with Gasteiger partial charge >= 0.3 is 0 Å². The molecular weight excluding hydrogens is 174 g/mol. The Morgan fingerprint density at radius 2 is 0.923 bits per heavy atom. The standard InChI is InChI=1S/C4H12Si.C3H9N.4CH4/c1-4-5(2)3;1-4(2)3;;;;/h5H,4H2,1-3H3;1-3H3;4*1H4. The minimum absolute atomic E-state index is 0. The molecule has 0 aromatic rings. The van der Waals surface area contributed by atoms with Gasteiger partial charge in [0.05, 0.1) is 0 Å². The summed E-state index contributed by atoms with van der Waals surface area (Å²) in [6.07, 6.45) is 0. The van der Waals surface area contributed by atoms with Crippen molar-refractivity contribution in [2.45, 2.75) is 55.8 Å². The molecule has 0 saturated carbocycles. The van der Waals surface area contributed by atoms with Crippen LogP contribution >= 0.6 is 0 Å². The van der Waals surface area contributed by atoms with E-state index in [9.17, 15) is 0 Å². The van der Waals surface area contributed by atoms with E-state index in [2.05, 4.69) is 20.0 Å². The first-order chi connectivity index (χ1) is 4.00. The SMILES string of the molecule is C.C.C.C.CC[SiH](C)C.CN(C)C. The summed E-state index contributed by atoms with van der Waals surface area (Å²) in [5.41, 5.74) is 0. The van der Waals surface area contributed by atoms with Crippen LogP contribution in [0.2, 0.25) is 19.1 Å². The maximum atomic E-state index is 2.36. The highest BCUT2D eigenvalue weighted by Gasteiger charge is 1.82. The lowest BCUT2D eigenvalue weighted by Gasteiger charge is -1.90. The average molecular weight is 212 g/mol. The normalized spacial score (nSPS) is 6.46. The first kappa shape index (κ1) is 37.9. The molecule has 0 bridgehead atoms. The Morgan fingerprint density at radius 1 is 0.846 bits per heavy atom. The molecule has 0 amide bonds. The van der Waals surface area contributed by atoms with Crippen LogP contribution in [-0.4, -0.2) is 34.8 Å². The number of nitrogens with zero attached hydrogens (tertiary/aromatic N) is 1. The Labute approximate surface area is 91.2 Å². The van der Waals surface area contributed by atoms with E-state index in [-0.39, 0.29) is 38.5 Å². The summed E-state index contributed by atoms with van der Waals surface area (Å²) in [4.78, 5) is 2.00. The largest absolute Gasteiger partial charge is 0.312 e. The van der Waals surface area contributed by atoms with Gasteiger partial charge in [0, 0.05) is 8.80 Å².